The van der Waals surface area contributed by atoms with Crippen molar-refractivity contribution in [1.29, 1.82) is 0 Å². The highest BCUT2D eigenvalue weighted by atomic mass is 19.2. The van der Waals surface area contributed by atoms with Crippen LogP contribution in [0.25, 0.3) is 0 Å². The van der Waals surface area contributed by atoms with E-state index in [-0.39, 0.29) is 11.1 Å². The van der Waals surface area contributed by atoms with Crippen molar-refractivity contribution in [3.63, 3.8) is 0 Å². The molecule has 0 atom stereocenters. The average molecular weight is 201 g/mol. The van der Waals surface area contributed by atoms with Crippen molar-refractivity contribution < 1.29 is 13.9 Å². The third kappa shape index (κ3) is 1.70. The third-order valence-electron chi connectivity index (χ3n) is 2.06. The molecular formula is C10H13F2NO. The summed E-state index contributed by atoms with van der Waals surface area (Å²) < 4.78 is 26.1. The zero-order valence-electron chi connectivity index (χ0n) is 8.36. The van der Waals surface area contributed by atoms with Crippen molar-refractivity contribution in [2.45, 2.75) is 26.3 Å². The molecule has 0 aliphatic rings. The minimum atomic E-state index is -1.24. The van der Waals surface area contributed by atoms with Crippen LogP contribution in [0.5, 0.6) is 5.75 Å². The van der Waals surface area contributed by atoms with Crippen LogP contribution in [0.2, 0.25) is 0 Å². The largest absolute Gasteiger partial charge is 0.505 e. The summed E-state index contributed by atoms with van der Waals surface area (Å²) in [5, 5.41) is 9.34. The summed E-state index contributed by atoms with van der Waals surface area (Å²) in [6, 6.07) is 1.35. The van der Waals surface area contributed by atoms with Crippen molar-refractivity contribution in [1.82, 2.24) is 0 Å². The minimum Gasteiger partial charge on any atom is -0.505 e. The van der Waals surface area contributed by atoms with Gasteiger partial charge in [0.05, 0.1) is 0 Å². The Labute approximate surface area is 81.4 Å². The fourth-order valence-electron chi connectivity index (χ4n) is 1.23. The number of aryl methyl sites for hydroxylation is 1. The highest BCUT2D eigenvalue weighted by Gasteiger charge is 2.24. The van der Waals surface area contributed by atoms with E-state index < -0.39 is 22.9 Å². The van der Waals surface area contributed by atoms with Crippen LogP contribution in [0.1, 0.15) is 25.0 Å². The van der Waals surface area contributed by atoms with Gasteiger partial charge in [-0.15, -0.1) is 0 Å². The van der Waals surface area contributed by atoms with Crippen LogP contribution in [0.4, 0.5) is 8.78 Å². The minimum absolute atomic E-state index is 0.133. The number of rotatable bonds is 1. The first-order chi connectivity index (χ1) is 6.25. The molecule has 1 aromatic rings. The second-order valence-corrected chi connectivity index (χ2v) is 3.94. The molecule has 3 N–H and O–H groups in total. The van der Waals surface area contributed by atoms with Crippen LogP contribution in [0.3, 0.4) is 0 Å². The number of hydrogen-bond donors (Lipinski definition) is 2. The summed E-state index contributed by atoms with van der Waals surface area (Å²) in [4.78, 5) is 0. The van der Waals surface area contributed by atoms with E-state index in [1.807, 2.05) is 0 Å². The molecule has 0 aliphatic heterocycles. The molecule has 0 amide bonds. The van der Waals surface area contributed by atoms with Gasteiger partial charge in [0.1, 0.15) is 0 Å². The van der Waals surface area contributed by atoms with E-state index in [0.29, 0.717) is 0 Å². The van der Waals surface area contributed by atoms with Crippen LogP contribution in [-0.4, -0.2) is 5.11 Å². The molecule has 78 valence electrons. The number of hydrogen-bond acceptors (Lipinski definition) is 2. The Morgan fingerprint density at radius 3 is 2.21 bits per heavy atom. The first-order valence-electron chi connectivity index (χ1n) is 4.22. The summed E-state index contributed by atoms with van der Waals surface area (Å²) >= 11 is 0. The van der Waals surface area contributed by atoms with Crippen LogP contribution < -0.4 is 5.73 Å². The monoisotopic (exact) mass is 201 g/mol. The van der Waals surface area contributed by atoms with Gasteiger partial charge in [0, 0.05) is 11.1 Å². The molecule has 0 aliphatic carbocycles. The van der Waals surface area contributed by atoms with Crippen LogP contribution in [0, 0.1) is 18.6 Å². The molecule has 0 spiro atoms. The molecule has 1 aromatic carbocycles. The fourth-order valence-corrected chi connectivity index (χ4v) is 1.23. The molecule has 2 nitrogen and oxygen atoms in total. The number of halogens is 2. The maximum Gasteiger partial charge on any atom is 0.200 e. The molecule has 14 heavy (non-hydrogen) atoms. The van der Waals surface area contributed by atoms with Gasteiger partial charge in [-0.1, -0.05) is 0 Å². The Kier molecular flexibility index (Phi) is 2.50. The molecule has 4 heteroatoms. The van der Waals surface area contributed by atoms with Gasteiger partial charge in [-0.3, -0.25) is 0 Å². The van der Waals surface area contributed by atoms with E-state index in [1.54, 1.807) is 13.8 Å². The highest BCUT2D eigenvalue weighted by molar-refractivity contribution is 5.42. The topological polar surface area (TPSA) is 46.2 Å². The van der Waals surface area contributed by atoms with Crippen molar-refractivity contribution in [3.05, 3.63) is 28.8 Å². The van der Waals surface area contributed by atoms with E-state index in [2.05, 4.69) is 0 Å². The Morgan fingerprint density at radius 2 is 1.79 bits per heavy atom. The summed E-state index contributed by atoms with van der Waals surface area (Å²) in [6.07, 6.45) is 0. The Hall–Kier alpha value is -1.16. The number of phenolic OH excluding ortho intramolecular Hbond substituents is 1. The van der Waals surface area contributed by atoms with Crippen molar-refractivity contribution >= 4 is 0 Å². The predicted octanol–water partition coefficient (Wildman–Crippen LogP) is 2.17. The van der Waals surface area contributed by atoms with Crippen molar-refractivity contribution in [3.8, 4) is 5.75 Å². The lowest BCUT2D eigenvalue weighted by Crippen LogP contribution is -2.29. The Balaban J connectivity index is 3.49. The lowest BCUT2D eigenvalue weighted by atomic mass is 9.93. The smallest absolute Gasteiger partial charge is 0.200 e. The van der Waals surface area contributed by atoms with E-state index in [0.717, 1.165) is 0 Å². The molecule has 0 radical (unpaired) electrons. The predicted molar refractivity (Wildman–Crippen MR) is 50.0 cm³/mol. The summed E-state index contributed by atoms with van der Waals surface area (Å²) in [7, 11) is 0. The van der Waals surface area contributed by atoms with Gasteiger partial charge in [-0.2, -0.15) is 4.39 Å². The maximum absolute atomic E-state index is 13.1. The summed E-state index contributed by atoms with van der Waals surface area (Å²) in [5.41, 5.74) is 5.13. The molecule has 0 saturated heterocycles. The second kappa shape index (κ2) is 3.20. The van der Waals surface area contributed by atoms with Gasteiger partial charge in [0.25, 0.3) is 0 Å². The van der Waals surface area contributed by atoms with Gasteiger partial charge >= 0.3 is 0 Å². The molecule has 0 unspecified atom stereocenters. The van der Waals surface area contributed by atoms with Gasteiger partial charge in [-0.05, 0) is 32.4 Å². The SMILES string of the molecule is Cc1cc(C(C)(C)N)c(O)c(F)c1F. The molecule has 1 rings (SSSR count). The highest BCUT2D eigenvalue weighted by Crippen LogP contribution is 2.32. The molecule has 0 saturated carbocycles. The Bertz CT molecular complexity index is 369. The van der Waals surface area contributed by atoms with Crippen molar-refractivity contribution in [2.75, 3.05) is 0 Å². The quantitative estimate of drug-likeness (QED) is 0.731. The second-order valence-electron chi connectivity index (χ2n) is 3.94. The van der Waals surface area contributed by atoms with E-state index >= 15 is 0 Å². The van der Waals surface area contributed by atoms with Crippen molar-refractivity contribution in [2.24, 2.45) is 5.73 Å². The summed E-state index contributed by atoms with van der Waals surface area (Å²) in [6.45, 7) is 4.64. The van der Waals surface area contributed by atoms with Gasteiger partial charge in [0.15, 0.2) is 11.6 Å². The molecular weight excluding hydrogens is 188 g/mol. The van der Waals surface area contributed by atoms with Gasteiger partial charge < -0.3 is 10.8 Å². The molecule has 0 aromatic heterocycles. The van der Waals surface area contributed by atoms with E-state index in [9.17, 15) is 13.9 Å². The first kappa shape index (κ1) is 10.9. The van der Waals surface area contributed by atoms with Crippen LogP contribution in [-0.2, 0) is 5.54 Å². The average Bonchev–Trinajstić information content (AvgIpc) is 2.06. The van der Waals surface area contributed by atoms with Crippen LogP contribution in [0.15, 0.2) is 6.07 Å². The molecule has 0 fully saturated rings. The van der Waals surface area contributed by atoms with Gasteiger partial charge in [-0.25, -0.2) is 4.39 Å². The number of benzene rings is 1. The van der Waals surface area contributed by atoms with Crippen LogP contribution >= 0.6 is 0 Å². The number of nitrogens with two attached hydrogens (primary N) is 1. The maximum atomic E-state index is 13.1. The lowest BCUT2D eigenvalue weighted by molar-refractivity contribution is 0.384. The Morgan fingerprint density at radius 1 is 1.29 bits per heavy atom. The zero-order valence-corrected chi connectivity index (χ0v) is 8.36. The fraction of sp³-hybridized carbons (Fsp3) is 0.400. The van der Waals surface area contributed by atoms with E-state index in [1.165, 1.54) is 13.0 Å². The van der Waals surface area contributed by atoms with E-state index in [4.69, 9.17) is 5.73 Å². The van der Waals surface area contributed by atoms with Gasteiger partial charge in [0.2, 0.25) is 5.82 Å². The number of phenols is 1. The first-order valence-corrected chi connectivity index (χ1v) is 4.22. The zero-order chi connectivity index (χ0) is 11.1. The normalized spacial score (nSPS) is 11.9. The molecule has 0 heterocycles. The lowest BCUT2D eigenvalue weighted by Gasteiger charge is -2.21. The summed E-state index contributed by atoms with van der Waals surface area (Å²) in [5.74, 6) is -2.98. The third-order valence-corrected chi connectivity index (χ3v) is 2.06. The standard InChI is InChI=1S/C10H13F2NO/c1-5-4-6(10(2,3)13)9(14)8(12)7(5)11/h4,14H,13H2,1-3H3. The molecule has 0 bridgehead atoms. The number of aromatic hydroxyl groups is 1.